The van der Waals surface area contributed by atoms with Gasteiger partial charge in [0.2, 0.25) is 0 Å². The van der Waals surface area contributed by atoms with Gasteiger partial charge in [0.25, 0.3) is 0 Å². The molecule has 0 amide bonds. The van der Waals surface area contributed by atoms with Gasteiger partial charge in [-0.15, -0.1) is 0 Å². The topological polar surface area (TPSA) is 58.6 Å². The van der Waals surface area contributed by atoms with Crippen LogP contribution in [-0.2, 0) is 0 Å². The lowest BCUT2D eigenvalue weighted by Crippen LogP contribution is -2.14. The molecule has 2 aromatic carbocycles. The molecular formula is C13H9F3N2OS. The van der Waals surface area contributed by atoms with Crippen LogP contribution in [0.4, 0.5) is 13.2 Å². The first kappa shape index (κ1) is 14.3. The summed E-state index contributed by atoms with van der Waals surface area (Å²) in [6, 6.07) is 7.49. The fourth-order valence-corrected chi connectivity index (χ4v) is 2.35. The van der Waals surface area contributed by atoms with Gasteiger partial charge in [0.05, 0.1) is 4.90 Å². The second-order valence-electron chi connectivity index (χ2n) is 3.79. The zero-order chi connectivity index (χ0) is 14.7. The Morgan fingerprint density at radius 3 is 2.20 bits per heavy atom. The molecule has 0 fully saturated rings. The van der Waals surface area contributed by atoms with Gasteiger partial charge in [-0.2, -0.15) is 0 Å². The summed E-state index contributed by atoms with van der Waals surface area (Å²) in [5, 5.41) is 11.1. The van der Waals surface area contributed by atoms with Crippen LogP contribution >= 0.6 is 11.8 Å². The lowest BCUT2D eigenvalue weighted by molar-refractivity contribution is 0.318. The van der Waals surface area contributed by atoms with Gasteiger partial charge in [-0.25, -0.2) is 13.2 Å². The van der Waals surface area contributed by atoms with Crippen molar-refractivity contribution >= 4 is 17.6 Å². The highest BCUT2D eigenvalue weighted by molar-refractivity contribution is 7.99. The van der Waals surface area contributed by atoms with Crippen LogP contribution in [0.5, 0.6) is 0 Å². The number of hydrogen-bond acceptors (Lipinski definition) is 3. The molecule has 104 valence electrons. The minimum absolute atomic E-state index is 0.0969. The monoisotopic (exact) mass is 298 g/mol. The molecule has 0 aromatic heterocycles. The Hall–Kier alpha value is -2.15. The molecule has 2 rings (SSSR count). The number of oxime groups is 1. The number of rotatable bonds is 3. The normalized spacial score (nSPS) is 11.7. The van der Waals surface area contributed by atoms with Gasteiger partial charge < -0.3 is 10.9 Å². The molecule has 3 N–H and O–H groups in total. The lowest BCUT2D eigenvalue weighted by atomic mass is 10.2. The highest BCUT2D eigenvalue weighted by Crippen LogP contribution is 2.34. The molecule has 3 nitrogen and oxygen atoms in total. The predicted octanol–water partition coefficient (Wildman–Crippen LogP) is 3.35. The molecule has 0 radical (unpaired) electrons. The summed E-state index contributed by atoms with van der Waals surface area (Å²) in [6.07, 6.45) is 0. The third-order valence-electron chi connectivity index (χ3n) is 2.45. The second-order valence-corrected chi connectivity index (χ2v) is 4.84. The van der Waals surface area contributed by atoms with E-state index in [1.807, 2.05) is 0 Å². The maximum Gasteiger partial charge on any atom is 0.170 e. The molecule has 0 atom stereocenters. The first-order chi connectivity index (χ1) is 9.52. The Balaban J connectivity index is 2.41. The summed E-state index contributed by atoms with van der Waals surface area (Å²) < 4.78 is 41.2. The summed E-state index contributed by atoms with van der Waals surface area (Å²) in [4.78, 5) is -0.258. The Morgan fingerprint density at radius 1 is 1.05 bits per heavy atom. The van der Waals surface area contributed by atoms with E-state index < -0.39 is 23.3 Å². The third-order valence-corrected chi connectivity index (χ3v) is 3.60. The number of amidine groups is 1. The molecule has 0 unspecified atom stereocenters. The lowest BCUT2D eigenvalue weighted by Gasteiger charge is -2.07. The van der Waals surface area contributed by atoms with Gasteiger partial charge >= 0.3 is 0 Å². The largest absolute Gasteiger partial charge is 0.409 e. The number of benzene rings is 2. The Morgan fingerprint density at radius 2 is 1.65 bits per heavy atom. The summed E-state index contributed by atoms with van der Waals surface area (Å²) in [6.45, 7) is 0. The average Bonchev–Trinajstić information content (AvgIpc) is 2.43. The van der Waals surface area contributed by atoms with Gasteiger partial charge in [-0.05, 0) is 24.3 Å². The van der Waals surface area contributed by atoms with Crippen molar-refractivity contribution in [2.24, 2.45) is 10.9 Å². The van der Waals surface area contributed by atoms with Crippen LogP contribution in [-0.4, -0.2) is 11.0 Å². The predicted molar refractivity (Wildman–Crippen MR) is 69.4 cm³/mol. The van der Waals surface area contributed by atoms with Crippen molar-refractivity contribution in [2.75, 3.05) is 0 Å². The second kappa shape index (κ2) is 5.87. The molecule has 0 aliphatic carbocycles. The van der Waals surface area contributed by atoms with Crippen LogP contribution in [0, 0.1) is 17.5 Å². The van der Waals surface area contributed by atoms with Crippen molar-refractivity contribution in [2.45, 2.75) is 9.79 Å². The molecule has 0 spiro atoms. The van der Waals surface area contributed by atoms with Crippen molar-refractivity contribution in [3.8, 4) is 0 Å². The smallest absolute Gasteiger partial charge is 0.170 e. The van der Waals surface area contributed by atoms with E-state index in [0.717, 1.165) is 12.1 Å². The average molecular weight is 298 g/mol. The van der Waals surface area contributed by atoms with Crippen LogP contribution in [0.25, 0.3) is 0 Å². The highest BCUT2D eigenvalue weighted by atomic mass is 32.2. The highest BCUT2D eigenvalue weighted by Gasteiger charge is 2.16. The SMILES string of the molecule is N/C(=N/O)c1cc(F)c(Sc2ccccc2F)c(F)c1. The maximum absolute atomic E-state index is 13.8. The van der Waals surface area contributed by atoms with Crippen molar-refractivity contribution in [3.05, 3.63) is 59.4 Å². The van der Waals surface area contributed by atoms with E-state index in [1.165, 1.54) is 18.2 Å². The van der Waals surface area contributed by atoms with Crippen LogP contribution in [0.2, 0.25) is 0 Å². The number of nitrogens with zero attached hydrogens (tertiary/aromatic N) is 1. The van der Waals surface area contributed by atoms with E-state index in [4.69, 9.17) is 10.9 Å². The van der Waals surface area contributed by atoms with E-state index in [2.05, 4.69) is 5.16 Å². The molecule has 0 aliphatic rings. The zero-order valence-electron chi connectivity index (χ0n) is 9.98. The first-order valence-corrected chi connectivity index (χ1v) is 6.24. The van der Waals surface area contributed by atoms with Gasteiger partial charge in [-0.3, -0.25) is 0 Å². The number of nitrogens with two attached hydrogens (primary N) is 1. The van der Waals surface area contributed by atoms with Crippen LogP contribution in [0.15, 0.2) is 51.3 Å². The summed E-state index contributed by atoms with van der Waals surface area (Å²) in [5.41, 5.74) is 5.16. The molecular weight excluding hydrogens is 289 g/mol. The number of halogens is 3. The van der Waals surface area contributed by atoms with Crippen molar-refractivity contribution < 1.29 is 18.4 Å². The van der Waals surface area contributed by atoms with Crippen LogP contribution in [0.1, 0.15) is 5.56 Å². The van der Waals surface area contributed by atoms with E-state index in [-0.39, 0.29) is 15.4 Å². The third kappa shape index (κ3) is 2.88. The van der Waals surface area contributed by atoms with Gasteiger partial charge in [-0.1, -0.05) is 29.1 Å². The molecule has 0 saturated heterocycles. The summed E-state index contributed by atoms with van der Waals surface area (Å²) >= 11 is 0.627. The maximum atomic E-state index is 13.8. The fraction of sp³-hybridized carbons (Fsp3) is 0. The zero-order valence-corrected chi connectivity index (χ0v) is 10.8. The van der Waals surface area contributed by atoms with Gasteiger partial charge in [0.1, 0.15) is 17.5 Å². The number of hydrogen-bond donors (Lipinski definition) is 2. The molecule has 0 bridgehead atoms. The van der Waals surface area contributed by atoms with E-state index in [0.29, 0.717) is 11.8 Å². The van der Waals surface area contributed by atoms with Gasteiger partial charge in [0, 0.05) is 10.5 Å². The van der Waals surface area contributed by atoms with Crippen molar-refractivity contribution in [3.63, 3.8) is 0 Å². The summed E-state index contributed by atoms with van der Waals surface area (Å²) in [5.74, 6) is -2.82. The Kier molecular flexibility index (Phi) is 4.19. The molecule has 0 heterocycles. The Bertz CT molecular complexity index is 653. The van der Waals surface area contributed by atoms with E-state index in [9.17, 15) is 13.2 Å². The Labute approximate surface area is 116 Å². The standard InChI is InChI=1S/C13H9F3N2OS/c14-8-3-1-2-4-11(8)20-12-9(15)5-7(6-10(12)16)13(17)18-19/h1-6,19H,(H2,17,18). The van der Waals surface area contributed by atoms with Crippen molar-refractivity contribution in [1.82, 2.24) is 0 Å². The van der Waals surface area contributed by atoms with Crippen molar-refractivity contribution in [1.29, 1.82) is 0 Å². The quantitative estimate of drug-likeness (QED) is 0.395. The minimum Gasteiger partial charge on any atom is -0.409 e. The summed E-state index contributed by atoms with van der Waals surface area (Å²) in [7, 11) is 0. The first-order valence-electron chi connectivity index (χ1n) is 5.42. The molecule has 20 heavy (non-hydrogen) atoms. The minimum atomic E-state index is -0.917. The fourth-order valence-electron chi connectivity index (χ4n) is 1.50. The van der Waals surface area contributed by atoms with Gasteiger partial charge in [0.15, 0.2) is 5.84 Å². The molecule has 2 aromatic rings. The molecule has 7 heteroatoms. The molecule has 0 aliphatic heterocycles. The van der Waals surface area contributed by atoms with Crippen LogP contribution < -0.4 is 5.73 Å². The van der Waals surface area contributed by atoms with E-state index >= 15 is 0 Å². The van der Waals surface area contributed by atoms with Crippen LogP contribution in [0.3, 0.4) is 0 Å². The molecule has 0 saturated carbocycles. The van der Waals surface area contributed by atoms with E-state index in [1.54, 1.807) is 6.07 Å².